The van der Waals surface area contributed by atoms with E-state index in [1.165, 1.54) is 22.3 Å². The second kappa shape index (κ2) is 21.3. The van der Waals surface area contributed by atoms with Gasteiger partial charge in [0.25, 0.3) is 11.8 Å². The van der Waals surface area contributed by atoms with Crippen LogP contribution in [0, 0.1) is 23.7 Å². The van der Waals surface area contributed by atoms with Gasteiger partial charge in [0.1, 0.15) is 0 Å². The van der Waals surface area contributed by atoms with Gasteiger partial charge >= 0.3 is 0 Å². The van der Waals surface area contributed by atoms with E-state index in [2.05, 4.69) is 140 Å². The summed E-state index contributed by atoms with van der Waals surface area (Å²) in [5, 5.41) is 14.0. The molecule has 0 unspecified atom stereocenters. The summed E-state index contributed by atoms with van der Waals surface area (Å²) in [5.74, 6) is 0.490. The SMILES string of the molecule is O=C(N[C@H]1CCCC[C@@H]1C(=O)N1CC[C@@H]2[C@H](c3ccccc3)Nc3ccccc3[C@@H]21)c1ccccc1.O=C(N[C@H]1CCCC[C@@H]1C(=O)N1CC[C@H]2[C@@H](c3ccccc3)Nc3ccccc3[C@H]21)c1ccccc1. The van der Waals surface area contributed by atoms with E-state index < -0.39 is 0 Å². The molecular formula is C62H66N6O4. The van der Waals surface area contributed by atoms with Crippen molar-refractivity contribution >= 4 is 35.0 Å². The number of fused-ring (bicyclic) bond motifs is 6. The molecule has 4 amide bonds. The average molecular weight is 959 g/mol. The fraction of sp³-hybridized carbons (Fsp3) is 0.355. The maximum atomic E-state index is 14.2. The van der Waals surface area contributed by atoms with Crippen LogP contribution in [0.1, 0.15) is 131 Å². The summed E-state index contributed by atoms with van der Waals surface area (Å²) in [5.41, 5.74) is 8.48. The number of hydrogen-bond acceptors (Lipinski definition) is 6. The van der Waals surface area contributed by atoms with Gasteiger partial charge in [0.15, 0.2) is 0 Å². The lowest BCUT2D eigenvalue weighted by Crippen LogP contribution is -2.50. The zero-order chi connectivity index (χ0) is 49.0. The number of likely N-dealkylation sites (tertiary alicyclic amines) is 2. The molecule has 2 aliphatic carbocycles. The summed E-state index contributed by atoms with van der Waals surface area (Å²) in [4.78, 5) is 58.6. The Bertz CT molecular complexity index is 2650. The van der Waals surface area contributed by atoms with Crippen LogP contribution in [-0.2, 0) is 9.59 Å². The molecular weight excluding hydrogens is 893 g/mol. The van der Waals surface area contributed by atoms with Crippen molar-refractivity contribution < 1.29 is 19.2 Å². The van der Waals surface area contributed by atoms with E-state index in [-0.39, 0.29) is 71.7 Å². The van der Waals surface area contributed by atoms with Crippen LogP contribution in [0.25, 0.3) is 0 Å². The minimum absolute atomic E-state index is 0.0487. The van der Waals surface area contributed by atoms with E-state index >= 15 is 0 Å². The lowest BCUT2D eigenvalue weighted by molar-refractivity contribution is -0.139. The summed E-state index contributed by atoms with van der Waals surface area (Å²) in [6, 6.07) is 56.9. The molecule has 72 heavy (non-hydrogen) atoms. The number of amides is 4. The molecule has 6 aliphatic rings. The van der Waals surface area contributed by atoms with E-state index in [0.717, 1.165) is 88.7 Å². The van der Waals surface area contributed by atoms with Gasteiger partial charge in [0.05, 0.1) is 36.0 Å². The first-order valence-corrected chi connectivity index (χ1v) is 26.5. The van der Waals surface area contributed by atoms with Crippen LogP contribution in [-0.4, -0.2) is 58.6 Å². The Morgan fingerprint density at radius 1 is 0.403 bits per heavy atom. The summed E-state index contributed by atoms with van der Waals surface area (Å²) in [6.45, 7) is 1.51. The molecule has 6 aromatic rings. The molecule has 10 heteroatoms. The number of hydrogen-bond donors (Lipinski definition) is 4. The highest BCUT2D eigenvalue weighted by Gasteiger charge is 2.50. The third-order valence-electron chi connectivity index (χ3n) is 16.7. The minimum atomic E-state index is -0.178. The average Bonchev–Trinajstić information content (AvgIpc) is 4.11. The van der Waals surface area contributed by atoms with Gasteiger partial charge in [-0.2, -0.15) is 0 Å². The highest BCUT2D eigenvalue weighted by atomic mass is 16.2. The third-order valence-corrected chi connectivity index (χ3v) is 16.7. The predicted molar refractivity (Wildman–Crippen MR) is 283 cm³/mol. The molecule has 4 aliphatic heterocycles. The second-order valence-electron chi connectivity index (χ2n) is 20.8. The van der Waals surface area contributed by atoms with Gasteiger partial charge in [-0.1, -0.05) is 159 Å². The first-order chi connectivity index (χ1) is 35.4. The van der Waals surface area contributed by atoms with Crippen LogP contribution in [0.5, 0.6) is 0 Å². The Hall–Kier alpha value is -7.20. The van der Waals surface area contributed by atoms with E-state index in [1.54, 1.807) is 0 Å². The van der Waals surface area contributed by atoms with Gasteiger partial charge in [-0.3, -0.25) is 19.2 Å². The van der Waals surface area contributed by atoms with Gasteiger partial charge in [-0.25, -0.2) is 0 Å². The van der Waals surface area contributed by atoms with Crippen molar-refractivity contribution in [3.05, 3.63) is 203 Å². The van der Waals surface area contributed by atoms with Crippen molar-refractivity contribution in [2.24, 2.45) is 23.7 Å². The van der Waals surface area contributed by atoms with Crippen molar-refractivity contribution in [2.75, 3.05) is 23.7 Å². The first kappa shape index (κ1) is 47.1. The number of rotatable bonds is 8. The molecule has 10 atom stereocenters. The molecule has 10 nitrogen and oxygen atoms in total. The van der Waals surface area contributed by atoms with E-state index in [1.807, 2.05) is 60.7 Å². The smallest absolute Gasteiger partial charge is 0.251 e. The van der Waals surface area contributed by atoms with Crippen molar-refractivity contribution in [3.63, 3.8) is 0 Å². The van der Waals surface area contributed by atoms with Crippen molar-refractivity contribution in [2.45, 2.75) is 100 Å². The number of para-hydroxylation sites is 2. The van der Waals surface area contributed by atoms with Crippen LogP contribution < -0.4 is 21.3 Å². The van der Waals surface area contributed by atoms with Crippen molar-refractivity contribution in [1.29, 1.82) is 0 Å². The third kappa shape index (κ3) is 9.51. The Morgan fingerprint density at radius 2 is 0.750 bits per heavy atom. The minimum Gasteiger partial charge on any atom is -0.378 e. The Morgan fingerprint density at radius 3 is 1.15 bits per heavy atom. The molecule has 368 valence electrons. The number of nitrogens with zero attached hydrogens (tertiary/aromatic N) is 2. The molecule has 2 saturated heterocycles. The van der Waals surface area contributed by atoms with Gasteiger partial charge in [-0.15, -0.1) is 0 Å². The number of benzene rings is 6. The maximum Gasteiger partial charge on any atom is 0.251 e. The molecule has 4 fully saturated rings. The molecule has 12 rings (SSSR count). The summed E-state index contributed by atoms with van der Waals surface area (Å²) in [6.07, 6.45) is 9.42. The van der Waals surface area contributed by atoms with Crippen LogP contribution in [0.15, 0.2) is 170 Å². The maximum absolute atomic E-state index is 14.2. The highest BCUT2D eigenvalue weighted by Crippen LogP contribution is 2.53. The Kier molecular flexibility index (Phi) is 13.9. The van der Waals surface area contributed by atoms with Crippen LogP contribution >= 0.6 is 0 Å². The predicted octanol–water partition coefficient (Wildman–Crippen LogP) is 11.5. The molecule has 2 saturated carbocycles. The number of carbonyl (C=O) groups excluding carboxylic acids is 4. The number of anilines is 2. The molecule has 4 heterocycles. The second-order valence-corrected chi connectivity index (χ2v) is 20.8. The number of nitrogens with one attached hydrogen (secondary N) is 4. The normalized spacial score (nSPS) is 26.9. The fourth-order valence-electron chi connectivity index (χ4n) is 13.2. The van der Waals surface area contributed by atoms with E-state index in [0.29, 0.717) is 23.0 Å². The summed E-state index contributed by atoms with van der Waals surface area (Å²) < 4.78 is 0. The van der Waals surface area contributed by atoms with Crippen LogP contribution in [0.4, 0.5) is 11.4 Å². The molecule has 0 aromatic heterocycles. The molecule has 0 radical (unpaired) electrons. The Balaban J connectivity index is 0.000000156. The first-order valence-electron chi connectivity index (χ1n) is 26.5. The highest BCUT2D eigenvalue weighted by molar-refractivity contribution is 5.95. The Labute approximate surface area is 424 Å². The van der Waals surface area contributed by atoms with Gasteiger partial charge in [-0.05, 0) is 97.2 Å². The molecule has 4 N–H and O–H groups in total. The van der Waals surface area contributed by atoms with Crippen molar-refractivity contribution in [3.8, 4) is 0 Å². The summed E-state index contributed by atoms with van der Waals surface area (Å²) >= 11 is 0. The standard InChI is InChI=1S/2C31H33N3O2/c2*35-30(22-13-5-2-6-14-22)33-27-18-10-8-16-24(27)31(36)34-20-19-25-28(21-11-3-1-4-12-21)32-26-17-9-7-15-23(26)29(25)34/h2*1-7,9,11-15,17,24-25,27-29,32H,8,10,16,18-20H2,(H,33,35)/t24-,25+,27-,28-,29-;24-,25-,27-,28+,29+/m00/s1. The van der Waals surface area contributed by atoms with E-state index in [4.69, 9.17) is 0 Å². The van der Waals surface area contributed by atoms with Crippen molar-refractivity contribution in [1.82, 2.24) is 20.4 Å². The zero-order valence-electron chi connectivity index (χ0n) is 41.0. The lowest BCUT2D eigenvalue weighted by atomic mass is 9.79. The monoisotopic (exact) mass is 959 g/mol. The molecule has 6 aromatic carbocycles. The fourth-order valence-corrected chi connectivity index (χ4v) is 13.2. The molecule has 0 spiro atoms. The largest absolute Gasteiger partial charge is 0.378 e. The number of carbonyl (C=O) groups is 4. The van der Waals surface area contributed by atoms with Gasteiger partial charge in [0.2, 0.25) is 11.8 Å². The topological polar surface area (TPSA) is 123 Å². The van der Waals surface area contributed by atoms with Crippen LogP contribution in [0.3, 0.4) is 0 Å². The lowest BCUT2D eigenvalue weighted by Gasteiger charge is -2.42. The zero-order valence-corrected chi connectivity index (χ0v) is 41.0. The van der Waals surface area contributed by atoms with Gasteiger partial charge < -0.3 is 31.1 Å². The van der Waals surface area contributed by atoms with E-state index in [9.17, 15) is 19.2 Å². The summed E-state index contributed by atoms with van der Waals surface area (Å²) in [7, 11) is 0. The quantitative estimate of drug-likeness (QED) is 0.121. The molecule has 0 bridgehead atoms. The van der Waals surface area contributed by atoms with Crippen LogP contribution in [0.2, 0.25) is 0 Å². The van der Waals surface area contributed by atoms with Gasteiger partial charge in [0, 0.05) is 59.5 Å².